The first-order valence-electron chi connectivity index (χ1n) is 7.32. The molecule has 7 heteroatoms. The van der Waals surface area contributed by atoms with Crippen LogP contribution in [0.1, 0.15) is 39.5 Å². The number of hydrogen-bond acceptors (Lipinski definition) is 4. The highest BCUT2D eigenvalue weighted by molar-refractivity contribution is 7.87. The number of carbonyl (C=O) groups is 1. The van der Waals surface area contributed by atoms with Gasteiger partial charge in [-0.3, -0.25) is 4.79 Å². The summed E-state index contributed by atoms with van der Waals surface area (Å²) in [7, 11) is -4.60. The van der Waals surface area contributed by atoms with Crippen LogP contribution in [0.15, 0.2) is 0 Å². The summed E-state index contributed by atoms with van der Waals surface area (Å²) in [5.74, 6) is -0.256. The summed E-state index contributed by atoms with van der Waals surface area (Å²) in [4.78, 5) is 15.4. The summed E-state index contributed by atoms with van der Waals surface area (Å²) in [6, 6.07) is 0. The third-order valence-electron chi connectivity index (χ3n) is 3.56. The Balaban J connectivity index is 2.37. The van der Waals surface area contributed by atoms with E-state index >= 15 is 0 Å². The van der Waals surface area contributed by atoms with E-state index in [0.29, 0.717) is 6.54 Å². The molecule has 0 bridgehead atoms. The van der Waals surface area contributed by atoms with Crippen LogP contribution in [0.2, 0.25) is 0 Å². The Bertz CT molecular complexity index is 408. The average molecular weight is 308 g/mol. The van der Waals surface area contributed by atoms with Crippen LogP contribution in [-0.4, -0.2) is 62.1 Å². The van der Waals surface area contributed by atoms with Gasteiger partial charge in [0.1, 0.15) is 5.25 Å². The zero-order valence-electron chi connectivity index (χ0n) is 12.3. The van der Waals surface area contributed by atoms with Gasteiger partial charge in [0.2, 0.25) is 5.91 Å². The van der Waals surface area contributed by atoms with Crippen molar-refractivity contribution in [1.82, 2.24) is 9.80 Å². The Kier molecular flexibility index (Phi) is 6.88. The molecule has 0 N–H and O–H groups in total. The lowest BCUT2D eigenvalue weighted by molar-refractivity contribution is -0.127. The number of nitrogens with zero attached hydrogens (tertiary/aromatic N) is 2. The summed E-state index contributed by atoms with van der Waals surface area (Å²) in [5, 5.41) is -1.17. The van der Waals surface area contributed by atoms with Gasteiger partial charge in [-0.05, 0) is 38.9 Å². The van der Waals surface area contributed by atoms with E-state index in [2.05, 4.69) is 18.7 Å². The lowest BCUT2D eigenvalue weighted by atomic mass is 10.3. The first-order chi connectivity index (χ1) is 9.38. The third-order valence-corrected chi connectivity index (χ3v) is 4.67. The monoisotopic (exact) mass is 308 g/mol. The third kappa shape index (κ3) is 5.36. The van der Waals surface area contributed by atoms with Crippen LogP contribution < -0.4 is 0 Å². The van der Waals surface area contributed by atoms with Crippen molar-refractivity contribution in [3.05, 3.63) is 0 Å². The van der Waals surface area contributed by atoms with Crippen molar-refractivity contribution >= 4 is 16.1 Å². The Morgan fingerprint density at radius 2 is 1.85 bits per heavy atom. The number of carbonyl (C=O) groups excluding carboxylic acids is 1. The highest BCUT2D eigenvalue weighted by Gasteiger charge is 2.37. The van der Waals surface area contributed by atoms with E-state index in [4.69, 9.17) is 0 Å². The Hall–Kier alpha value is -0.690. The summed E-state index contributed by atoms with van der Waals surface area (Å²) in [6.07, 6.45) is 2.76. The molecule has 0 aromatic rings. The minimum absolute atomic E-state index is 0.000772. The lowest BCUT2D eigenvalue weighted by Gasteiger charge is -2.23. The molecule has 0 aromatic carbocycles. The van der Waals surface area contributed by atoms with Crippen LogP contribution in [0.4, 0.5) is 3.89 Å². The molecule has 1 fully saturated rings. The molecule has 1 amide bonds. The van der Waals surface area contributed by atoms with E-state index in [1.165, 1.54) is 4.90 Å². The van der Waals surface area contributed by atoms with Crippen molar-refractivity contribution in [3.63, 3.8) is 0 Å². The van der Waals surface area contributed by atoms with Gasteiger partial charge in [-0.1, -0.05) is 13.8 Å². The zero-order chi connectivity index (χ0) is 15.2. The van der Waals surface area contributed by atoms with E-state index in [1.807, 2.05) is 0 Å². The second kappa shape index (κ2) is 7.93. The summed E-state index contributed by atoms with van der Waals surface area (Å²) < 4.78 is 34.5. The number of amides is 1. The zero-order valence-corrected chi connectivity index (χ0v) is 13.2. The van der Waals surface area contributed by atoms with Gasteiger partial charge in [0, 0.05) is 19.5 Å². The maximum atomic E-state index is 12.9. The number of rotatable bonds is 9. The molecule has 0 spiro atoms. The van der Waals surface area contributed by atoms with Crippen molar-refractivity contribution in [2.75, 3.05) is 32.7 Å². The van der Waals surface area contributed by atoms with Gasteiger partial charge in [-0.25, -0.2) is 0 Å². The Morgan fingerprint density at radius 3 is 2.30 bits per heavy atom. The number of halogens is 1. The SMILES string of the molecule is CCCN(CCC)CCCN1CC(S(=O)(=O)F)CC1=O. The molecule has 0 aromatic heterocycles. The van der Waals surface area contributed by atoms with E-state index < -0.39 is 15.5 Å². The highest BCUT2D eigenvalue weighted by Crippen LogP contribution is 2.19. The van der Waals surface area contributed by atoms with Gasteiger partial charge in [0.25, 0.3) is 0 Å². The molecular formula is C13H25FN2O3S. The molecule has 1 unspecified atom stereocenters. The molecule has 1 rings (SSSR count). The predicted octanol–water partition coefficient (Wildman–Crippen LogP) is 1.40. The fourth-order valence-electron chi connectivity index (χ4n) is 2.59. The van der Waals surface area contributed by atoms with Crippen molar-refractivity contribution in [3.8, 4) is 0 Å². The average Bonchev–Trinajstić information content (AvgIpc) is 2.71. The van der Waals surface area contributed by atoms with Crippen molar-refractivity contribution in [2.45, 2.75) is 44.8 Å². The van der Waals surface area contributed by atoms with Crippen LogP contribution in [0.3, 0.4) is 0 Å². The minimum Gasteiger partial charge on any atom is -0.341 e. The molecule has 5 nitrogen and oxygen atoms in total. The maximum absolute atomic E-state index is 12.9. The molecular weight excluding hydrogens is 283 g/mol. The molecule has 0 aliphatic carbocycles. The molecule has 0 radical (unpaired) electrons. The second-order valence-electron chi connectivity index (χ2n) is 5.34. The van der Waals surface area contributed by atoms with E-state index in [9.17, 15) is 17.1 Å². The summed E-state index contributed by atoms with van der Waals surface area (Å²) in [6.45, 7) is 7.71. The van der Waals surface area contributed by atoms with Crippen LogP contribution in [0.25, 0.3) is 0 Å². The van der Waals surface area contributed by atoms with Gasteiger partial charge in [-0.15, -0.1) is 3.89 Å². The van der Waals surface area contributed by atoms with Gasteiger partial charge in [0.05, 0.1) is 0 Å². The highest BCUT2D eigenvalue weighted by atomic mass is 32.3. The van der Waals surface area contributed by atoms with Crippen molar-refractivity contribution in [1.29, 1.82) is 0 Å². The lowest BCUT2D eigenvalue weighted by Crippen LogP contribution is -2.32. The topological polar surface area (TPSA) is 57.7 Å². The first-order valence-corrected chi connectivity index (χ1v) is 8.76. The predicted molar refractivity (Wildman–Crippen MR) is 76.7 cm³/mol. The van der Waals surface area contributed by atoms with E-state index in [-0.39, 0.29) is 18.9 Å². The quantitative estimate of drug-likeness (QED) is 0.604. The standard InChI is InChI=1S/C13H25FN2O3S/c1-3-6-15(7-4-2)8-5-9-16-11-12(10-13(16)17)20(14,18)19/h12H,3-11H2,1-2H3. The molecule has 1 aliphatic heterocycles. The van der Waals surface area contributed by atoms with E-state index in [1.54, 1.807) is 0 Å². The minimum atomic E-state index is -4.60. The van der Waals surface area contributed by atoms with Crippen LogP contribution >= 0.6 is 0 Å². The van der Waals surface area contributed by atoms with Gasteiger partial charge in [-0.2, -0.15) is 8.42 Å². The van der Waals surface area contributed by atoms with Gasteiger partial charge < -0.3 is 9.80 Å². The van der Waals surface area contributed by atoms with E-state index in [0.717, 1.165) is 38.9 Å². The normalized spacial score (nSPS) is 20.1. The molecule has 1 saturated heterocycles. The Labute approximate surface area is 121 Å². The van der Waals surface area contributed by atoms with Crippen LogP contribution in [-0.2, 0) is 15.0 Å². The van der Waals surface area contributed by atoms with Crippen LogP contribution in [0.5, 0.6) is 0 Å². The maximum Gasteiger partial charge on any atom is 0.307 e. The molecule has 1 heterocycles. The second-order valence-corrected chi connectivity index (χ2v) is 6.95. The van der Waals surface area contributed by atoms with Crippen molar-refractivity contribution in [2.24, 2.45) is 0 Å². The molecule has 0 saturated carbocycles. The van der Waals surface area contributed by atoms with Crippen LogP contribution in [0, 0.1) is 0 Å². The Morgan fingerprint density at radius 1 is 1.25 bits per heavy atom. The fraction of sp³-hybridized carbons (Fsp3) is 0.923. The van der Waals surface area contributed by atoms with Gasteiger partial charge in [0.15, 0.2) is 0 Å². The summed E-state index contributed by atoms with van der Waals surface area (Å²) >= 11 is 0. The molecule has 118 valence electrons. The molecule has 20 heavy (non-hydrogen) atoms. The van der Waals surface area contributed by atoms with Gasteiger partial charge >= 0.3 is 10.2 Å². The molecule has 1 aliphatic rings. The fourth-order valence-corrected chi connectivity index (χ4v) is 3.29. The molecule has 1 atom stereocenters. The summed E-state index contributed by atoms with van der Waals surface area (Å²) in [5.41, 5.74) is 0. The number of hydrogen-bond donors (Lipinski definition) is 0. The van der Waals surface area contributed by atoms with Crippen molar-refractivity contribution < 1.29 is 17.1 Å². The first kappa shape index (κ1) is 17.4. The number of likely N-dealkylation sites (tertiary alicyclic amines) is 1. The largest absolute Gasteiger partial charge is 0.341 e. The smallest absolute Gasteiger partial charge is 0.307 e.